The molecule has 0 spiro atoms. The van der Waals surface area contributed by atoms with Gasteiger partial charge in [0.15, 0.2) is 0 Å². The minimum Gasteiger partial charge on any atom is -0.398 e. The molecule has 0 fully saturated rings. The molecule has 0 aliphatic rings. The van der Waals surface area contributed by atoms with Crippen LogP contribution in [0.1, 0.15) is 12.0 Å². The number of thiophene rings is 1. The Bertz CT molecular complexity index is 478. The van der Waals surface area contributed by atoms with E-state index in [4.69, 9.17) is 5.73 Å². The zero-order chi connectivity index (χ0) is 10.3. The van der Waals surface area contributed by atoms with Gasteiger partial charge in [0, 0.05) is 10.1 Å². The lowest BCUT2D eigenvalue weighted by Crippen LogP contribution is -1.98. The molecule has 0 aliphatic carbocycles. The Morgan fingerprint density at radius 3 is 2.71 bits per heavy atom. The Morgan fingerprint density at radius 2 is 2.07 bits per heavy atom. The number of alkyl halides is 2. The molecule has 1 aromatic carbocycles. The molecule has 74 valence electrons. The monoisotopic (exact) mass is 217 g/mol. The summed E-state index contributed by atoms with van der Waals surface area (Å²) in [6, 6.07) is 2.71. The number of anilines is 1. The summed E-state index contributed by atoms with van der Waals surface area (Å²) in [6.45, 7) is 0. The number of halogens is 3. The quantitative estimate of drug-likeness (QED) is 0.726. The van der Waals surface area contributed by atoms with Crippen LogP contribution in [0.15, 0.2) is 17.5 Å². The molecule has 0 unspecified atom stereocenters. The van der Waals surface area contributed by atoms with Crippen molar-refractivity contribution in [3.63, 3.8) is 0 Å². The smallest absolute Gasteiger partial charge is 0.268 e. The molecule has 0 saturated heterocycles. The van der Waals surface area contributed by atoms with Crippen molar-refractivity contribution in [3.05, 3.63) is 28.9 Å². The normalized spacial score (nSPS) is 11.4. The summed E-state index contributed by atoms with van der Waals surface area (Å²) in [4.78, 5) is 0. The summed E-state index contributed by atoms with van der Waals surface area (Å²) < 4.78 is 38.6. The molecule has 5 heteroatoms. The van der Waals surface area contributed by atoms with E-state index in [-0.39, 0.29) is 5.69 Å². The number of hydrogen-bond acceptors (Lipinski definition) is 2. The van der Waals surface area contributed by atoms with E-state index in [9.17, 15) is 13.2 Å². The third kappa shape index (κ3) is 1.24. The molecule has 0 amide bonds. The molecular formula is C9H6F3NS. The molecule has 1 aromatic heterocycles. The molecule has 2 rings (SSSR count). The predicted molar refractivity (Wildman–Crippen MR) is 51.2 cm³/mol. The third-order valence-electron chi connectivity index (χ3n) is 2.01. The minimum atomic E-state index is -2.88. The molecule has 2 N–H and O–H groups in total. The van der Waals surface area contributed by atoms with Gasteiger partial charge in [-0.25, -0.2) is 13.2 Å². The second-order valence-electron chi connectivity index (χ2n) is 2.82. The summed E-state index contributed by atoms with van der Waals surface area (Å²) in [6.07, 6.45) is -2.88. The van der Waals surface area contributed by atoms with E-state index < -0.39 is 17.8 Å². The second-order valence-corrected chi connectivity index (χ2v) is 3.77. The van der Waals surface area contributed by atoms with E-state index in [1.54, 1.807) is 11.4 Å². The van der Waals surface area contributed by atoms with Gasteiger partial charge in [0.2, 0.25) is 0 Å². The van der Waals surface area contributed by atoms with Crippen molar-refractivity contribution in [2.45, 2.75) is 6.43 Å². The van der Waals surface area contributed by atoms with E-state index in [0.717, 1.165) is 6.07 Å². The van der Waals surface area contributed by atoms with E-state index in [2.05, 4.69) is 0 Å². The Kier molecular flexibility index (Phi) is 2.11. The molecular weight excluding hydrogens is 211 g/mol. The van der Waals surface area contributed by atoms with E-state index in [1.807, 2.05) is 0 Å². The van der Waals surface area contributed by atoms with Crippen molar-refractivity contribution < 1.29 is 13.2 Å². The first-order valence-corrected chi connectivity index (χ1v) is 4.72. The molecule has 0 saturated carbocycles. The summed E-state index contributed by atoms with van der Waals surface area (Å²) >= 11 is 1.27. The van der Waals surface area contributed by atoms with Crippen LogP contribution in [0, 0.1) is 5.82 Å². The number of benzene rings is 1. The van der Waals surface area contributed by atoms with Gasteiger partial charge in [-0.2, -0.15) is 0 Å². The lowest BCUT2D eigenvalue weighted by Gasteiger charge is -2.06. The lowest BCUT2D eigenvalue weighted by molar-refractivity contribution is 0.147. The summed E-state index contributed by atoms with van der Waals surface area (Å²) in [5, 5.41) is 2.18. The number of hydrogen-bond donors (Lipinski definition) is 1. The Balaban J connectivity index is 2.82. The largest absolute Gasteiger partial charge is 0.398 e. The fourth-order valence-corrected chi connectivity index (χ4v) is 2.17. The van der Waals surface area contributed by atoms with Crippen LogP contribution in [-0.4, -0.2) is 0 Å². The zero-order valence-corrected chi connectivity index (χ0v) is 7.75. The highest BCUT2D eigenvalue weighted by molar-refractivity contribution is 7.17. The average Bonchev–Trinajstić information content (AvgIpc) is 2.50. The average molecular weight is 217 g/mol. The molecule has 1 nitrogen and oxygen atoms in total. The Morgan fingerprint density at radius 1 is 1.36 bits per heavy atom. The van der Waals surface area contributed by atoms with E-state index in [1.165, 1.54) is 11.3 Å². The first kappa shape index (κ1) is 9.33. The van der Waals surface area contributed by atoms with Gasteiger partial charge in [-0.3, -0.25) is 0 Å². The highest BCUT2D eigenvalue weighted by Crippen LogP contribution is 2.36. The fraction of sp³-hybridized carbons (Fsp3) is 0.111. The van der Waals surface area contributed by atoms with Crippen LogP contribution in [-0.2, 0) is 0 Å². The van der Waals surface area contributed by atoms with Crippen molar-refractivity contribution >= 4 is 27.1 Å². The standard InChI is InChI=1S/C9H6F3NS/c10-5-3-6-4(1-2-14-6)8(13)7(5)9(11)12/h1-3,9H,13H2. The zero-order valence-electron chi connectivity index (χ0n) is 6.93. The van der Waals surface area contributed by atoms with Gasteiger partial charge in [0.25, 0.3) is 6.43 Å². The van der Waals surface area contributed by atoms with Gasteiger partial charge in [-0.1, -0.05) is 0 Å². The van der Waals surface area contributed by atoms with Gasteiger partial charge >= 0.3 is 0 Å². The molecule has 0 atom stereocenters. The maximum atomic E-state index is 13.2. The number of nitrogen functional groups attached to an aromatic ring is 1. The van der Waals surface area contributed by atoms with Gasteiger partial charge < -0.3 is 5.73 Å². The van der Waals surface area contributed by atoms with Crippen molar-refractivity contribution in [3.8, 4) is 0 Å². The second kappa shape index (κ2) is 3.16. The van der Waals surface area contributed by atoms with Crippen LogP contribution >= 0.6 is 11.3 Å². The van der Waals surface area contributed by atoms with E-state index in [0.29, 0.717) is 10.1 Å². The number of fused-ring (bicyclic) bond motifs is 1. The van der Waals surface area contributed by atoms with Crippen LogP contribution < -0.4 is 5.73 Å². The highest BCUT2D eigenvalue weighted by Gasteiger charge is 2.19. The third-order valence-corrected chi connectivity index (χ3v) is 2.87. The van der Waals surface area contributed by atoms with Crippen molar-refractivity contribution in [2.75, 3.05) is 5.73 Å². The van der Waals surface area contributed by atoms with Gasteiger partial charge in [-0.05, 0) is 17.5 Å². The molecule has 1 heterocycles. The fourth-order valence-electron chi connectivity index (χ4n) is 1.34. The van der Waals surface area contributed by atoms with Crippen LogP contribution in [0.2, 0.25) is 0 Å². The maximum Gasteiger partial charge on any atom is 0.268 e. The van der Waals surface area contributed by atoms with Crippen LogP contribution in [0.25, 0.3) is 10.1 Å². The molecule has 2 aromatic rings. The topological polar surface area (TPSA) is 26.0 Å². The first-order chi connectivity index (χ1) is 6.61. The summed E-state index contributed by atoms with van der Waals surface area (Å²) in [5.41, 5.74) is 4.60. The number of nitrogens with two attached hydrogens (primary N) is 1. The number of rotatable bonds is 1. The van der Waals surface area contributed by atoms with Gasteiger partial charge in [-0.15, -0.1) is 11.3 Å². The van der Waals surface area contributed by atoms with Crippen LogP contribution in [0.3, 0.4) is 0 Å². The highest BCUT2D eigenvalue weighted by atomic mass is 32.1. The minimum absolute atomic E-state index is 0.156. The SMILES string of the molecule is Nc1c(C(F)F)c(F)cc2sccc12. The van der Waals surface area contributed by atoms with Gasteiger partial charge in [0.05, 0.1) is 11.3 Å². The van der Waals surface area contributed by atoms with Crippen LogP contribution in [0.4, 0.5) is 18.9 Å². The maximum absolute atomic E-state index is 13.2. The molecule has 0 bridgehead atoms. The van der Waals surface area contributed by atoms with Crippen molar-refractivity contribution in [1.29, 1.82) is 0 Å². The van der Waals surface area contributed by atoms with Crippen molar-refractivity contribution in [2.24, 2.45) is 0 Å². The van der Waals surface area contributed by atoms with Crippen LogP contribution in [0.5, 0.6) is 0 Å². The lowest BCUT2D eigenvalue weighted by atomic mass is 10.1. The Labute approximate surface area is 82.0 Å². The Hall–Kier alpha value is -1.23. The molecule has 0 radical (unpaired) electrons. The molecule has 0 aliphatic heterocycles. The predicted octanol–water partition coefficient (Wildman–Crippen LogP) is 3.56. The summed E-state index contributed by atoms with van der Waals surface area (Å²) in [7, 11) is 0. The van der Waals surface area contributed by atoms with E-state index >= 15 is 0 Å². The molecule has 14 heavy (non-hydrogen) atoms. The first-order valence-electron chi connectivity index (χ1n) is 3.84. The summed E-state index contributed by atoms with van der Waals surface area (Å²) in [5.74, 6) is -0.938. The van der Waals surface area contributed by atoms with Crippen molar-refractivity contribution in [1.82, 2.24) is 0 Å². The van der Waals surface area contributed by atoms with Gasteiger partial charge in [0.1, 0.15) is 5.82 Å².